The number of rotatable bonds is 4. The zero-order chi connectivity index (χ0) is 12.3. The van der Waals surface area contributed by atoms with Crippen molar-refractivity contribution < 1.29 is 14.7 Å². The first-order valence-electron chi connectivity index (χ1n) is 5.91. The zero-order valence-electron chi connectivity index (χ0n) is 10.3. The van der Waals surface area contributed by atoms with Crippen molar-refractivity contribution in [1.29, 1.82) is 0 Å². The van der Waals surface area contributed by atoms with E-state index in [0.29, 0.717) is 25.7 Å². The molecule has 1 saturated heterocycles. The van der Waals surface area contributed by atoms with Crippen LogP contribution in [0.2, 0.25) is 0 Å². The lowest BCUT2D eigenvalue weighted by Gasteiger charge is -2.42. The molecule has 0 saturated carbocycles. The van der Waals surface area contributed by atoms with E-state index < -0.39 is 5.54 Å². The van der Waals surface area contributed by atoms with E-state index in [2.05, 4.69) is 0 Å². The highest BCUT2D eigenvalue weighted by atomic mass is 16.3. The third kappa shape index (κ3) is 2.43. The number of aliphatic hydroxyl groups is 1. The highest BCUT2D eigenvalue weighted by Crippen LogP contribution is 2.30. The molecule has 1 unspecified atom stereocenters. The molecular weight excluding hydrogens is 206 g/mol. The maximum atomic E-state index is 11.9. The number of amides is 2. The average Bonchev–Trinajstić information content (AvgIpc) is 2.16. The number of nitrogens with zero attached hydrogens (tertiary/aromatic N) is 1. The quantitative estimate of drug-likeness (QED) is 0.737. The van der Waals surface area contributed by atoms with Gasteiger partial charge >= 0.3 is 0 Å². The topological polar surface area (TPSA) is 57.6 Å². The molecule has 1 heterocycles. The largest absolute Gasteiger partial charge is 0.396 e. The van der Waals surface area contributed by atoms with Crippen LogP contribution in [0.4, 0.5) is 0 Å². The van der Waals surface area contributed by atoms with Crippen molar-refractivity contribution in [2.24, 2.45) is 5.92 Å². The van der Waals surface area contributed by atoms with E-state index in [9.17, 15) is 9.59 Å². The van der Waals surface area contributed by atoms with E-state index in [-0.39, 0.29) is 24.3 Å². The molecule has 4 heteroatoms. The van der Waals surface area contributed by atoms with Crippen molar-refractivity contribution in [2.45, 2.75) is 52.0 Å². The lowest BCUT2D eigenvalue weighted by atomic mass is 9.87. The number of hydrogen-bond donors (Lipinski definition) is 1. The number of aliphatic hydroxyl groups excluding tert-OH is 1. The van der Waals surface area contributed by atoms with Gasteiger partial charge in [0.2, 0.25) is 11.8 Å². The second-order valence-corrected chi connectivity index (χ2v) is 4.96. The monoisotopic (exact) mass is 227 g/mol. The normalized spacial score (nSPS) is 22.4. The van der Waals surface area contributed by atoms with Gasteiger partial charge in [0.1, 0.15) is 0 Å². The van der Waals surface area contributed by atoms with Crippen LogP contribution in [0.3, 0.4) is 0 Å². The van der Waals surface area contributed by atoms with E-state index in [0.717, 1.165) is 0 Å². The molecular formula is C12H21NO3. The van der Waals surface area contributed by atoms with Gasteiger partial charge in [-0.1, -0.05) is 13.8 Å². The number of carbonyl (C=O) groups excluding carboxylic acids is 2. The molecule has 0 aromatic carbocycles. The van der Waals surface area contributed by atoms with Gasteiger partial charge in [-0.25, -0.2) is 0 Å². The summed E-state index contributed by atoms with van der Waals surface area (Å²) in [6.45, 7) is 5.72. The Kier molecular flexibility index (Phi) is 4.08. The van der Waals surface area contributed by atoms with E-state index in [1.807, 2.05) is 20.8 Å². The van der Waals surface area contributed by atoms with Crippen molar-refractivity contribution in [3.63, 3.8) is 0 Å². The minimum atomic E-state index is -0.525. The van der Waals surface area contributed by atoms with Gasteiger partial charge in [-0.2, -0.15) is 0 Å². The van der Waals surface area contributed by atoms with E-state index in [1.54, 1.807) is 0 Å². The predicted molar refractivity (Wildman–Crippen MR) is 60.6 cm³/mol. The summed E-state index contributed by atoms with van der Waals surface area (Å²) in [6.07, 6.45) is 2.01. The minimum Gasteiger partial charge on any atom is -0.396 e. The molecule has 0 aromatic heterocycles. The second-order valence-electron chi connectivity index (χ2n) is 4.96. The summed E-state index contributed by atoms with van der Waals surface area (Å²) in [6, 6.07) is 0. The van der Waals surface area contributed by atoms with Crippen LogP contribution in [-0.4, -0.2) is 34.0 Å². The summed E-state index contributed by atoms with van der Waals surface area (Å²) in [5, 5.41) is 9.04. The summed E-state index contributed by atoms with van der Waals surface area (Å²) >= 11 is 0. The van der Waals surface area contributed by atoms with Gasteiger partial charge in [-0.3, -0.25) is 14.5 Å². The summed E-state index contributed by atoms with van der Waals surface area (Å²) in [7, 11) is 0. The summed E-state index contributed by atoms with van der Waals surface area (Å²) in [5.74, 6) is -0.0467. The number of likely N-dealkylation sites (tertiary alicyclic amines) is 1. The molecule has 4 nitrogen and oxygen atoms in total. The van der Waals surface area contributed by atoms with Crippen molar-refractivity contribution in [3.8, 4) is 0 Å². The van der Waals surface area contributed by atoms with Crippen LogP contribution < -0.4 is 0 Å². The molecule has 1 N–H and O–H groups in total. The van der Waals surface area contributed by atoms with Crippen LogP contribution >= 0.6 is 0 Å². The Hall–Kier alpha value is -0.900. The van der Waals surface area contributed by atoms with Gasteiger partial charge in [0, 0.05) is 25.0 Å². The Balaban J connectivity index is 2.91. The minimum absolute atomic E-state index is 0.00302. The summed E-state index contributed by atoms with van der Waals surface area (Å²) in [4.78, 5) is 25.2. The Bertz CT molecular complexity index is 272. The first kappa shape index (κ1) is 13.2. The standard InChI is InChI=1S/C12H21NO3/c1-4-12(3,5-6-14)13-10(15)7-9(2)8-11(13)16/h9,14H,4-8H2,1-3H3. The molecule has 0 spiro atoms. The third-order valence-corrected chi connectivity index (χ3v) is 3.50. The average molecular weight is 227 g/mol. The first-order valence-corrected chi connectivity index (χ1v) is 5.91. The molecule has 0 radical (unpaired) electrons. The molecule has 1 rings (SSSR count). The molecule has 1 atom stereocenters. The van der Waals surface area contributed by atoms with Gasteiger partial charge in [-0.05, 0) is 25.7 Å². The molecule has 16 heavy (non-hydrogen) atoms. The molecule has 1 aliphatic rings. The van der Waals surface area contributed by atoms with Gasteiger partial charge in [-0.15, -0.1) is 0 Å². The van der Waals surface area contributed by atoms with E-state index in [4.69, 9.17) is 5.11 Å². The molecule has 0 aromatic rings. The highest BCUT2D eigenvalue weighted by molar-refractivity contribution is 5.98. The van der Waals surface area contributed by atoms with Crippen molar-refractivity contribution in [1.82, 2.24) is 4.90 Å². The Morgan fingerprint density at radius 3 is 2.25 bits per heavy atom. The van der Waals surface area contributed by atoms with Crippen LogP contribution in [0.25, 0.3) is 0 Å². The number of piperidine rings is 1. The SMILES string of the molecule is CCC(C)(CCO)N1C(=O)CC(C)CC1=O. The van der Waals surface area contributed by atoms with Crippen molar-refractivity contribution in [3.05, 3.63) is 0 Å². The number of imide groups is 1. The second kappa shape index (κ2) is 4.95. The number of carbonyl (C=O) groups is 2. The van der Waals surface area contributed by atoms with E-state index in [1.165, 1.54) is 4.90 Å². The fourth-order valence-electron chi connectivity index (χ4n) is 2.28. The first-order chi connectivity index (χ1) is 7.44. The van der Waals surface area contributed by atoms with Crippen LogP contribution in [0.5, 0.6) is 0 Å². The lowest BCUT2D eigenvalue weighted by molar-refractivity contribution is -0.157. The smallest absolute Gasteiger partial charge is 0.229 e. The molecule has 92 valence electrons. The fraction of sp³-hybridized carbons (Fsp3) is 0.833. The van der Waals surface area contributed by atoms with E-state index >= 15 is 0 Å². The molecule has 1 fully saturated rings. The Morgan fingerprint density at radius 1 is 1.38 bits per heavy atom. The van der Waals surface area contributed by atoms with Crippen molar-refractivity contribution in [2.75, 3.05) is 6.61 Å². The third-order valence-electron chi connectivity index (χ3n) is 3.50. The Morgan fingerprint density at radius 2 is 1.88 bits per heavy atom. The fourth-order valence-corrected chi connectivity index (χ4v) is 2.28. The lowest BCUT2D eigenvalue weighted by Crippen LogP contribution is -2.56. The van der Waals surface area contributed by atoms with Gasteiger partial charge in [0.15, 0.2) is 0 Å². The van der Waals surface area contributed by atoms with Crippen LogP contribution in [-0.2, 0) is 9.59 Å². The maximum absolute atomic E-state index is 11.9. The number of hydrogen-bond acceptors (Lipinski definition) is 3. The summed E-state index contributed by atoms with van der Waals surface area (Å²) < 4.78 is 0. The highest BCUT2D eigenvalue weighted by Gasteiger charge is 2.41. The van der Waals surface area contributed by atoms with Gasteiger partial charge < -0.3 is 5.11 Å². The maximum Gasteiger partial charge on any atom is 0.229 e. The van der Waals surface area contributed by atoms with Crippen LogP contribution in [0, 0.1) is 5.92 Å². The molecule has 0 aliphatic carbocycles. The molecule has 1 aliphatic heterocycles. The summed E-state index contributed by atoms with van der Waals surface area (Å²) in [5.41, 5.74) is -0.525. The predicted octanol–water partition coefficient (Wildman–Crippen LogP) is 1.32. The molecule has 0 bridgehead atoms. The molecule has 2 amide bonds. The van der Waals surface area contributed by atoms with Crippen LogP contribution in [0.1, 0.15) is 46.5 Å². The van der Waals surface area contributed by atoms with Crippen LogP contribution in [0.15, 0.2) is 0 Å². The zero-order valence-corrected chi connectivity index (χ0v) is 10.3. The van der Waals surface area contributed by atoms with Gasteiger partial charge in [0.05, 0.1) is 0 Å². The Labute approximate surface area is 96.6 Å². The van der Waals surface area contributed by atoms with Crippen molar-refractivity contribution >= 4 is 11.8 Å². The van der Waals surface area contributed by atoms with Gasteiger partial charge in [0.25, 0.3) is 0 Å².